The molecule has 0 atom stereocenters. The molecule has 2 rings (SSSR count). The van der Waals surface area contributed by atoms with Gasteiger partial charge >= 0.3 is 0 Å². The molecule has 1 N–H and O–H groups in total. The first-order chi connectivity index (χ1) is 8.26. The average Bonchev–Trinajstić information content (AvgIpc) is 2.71. The molecule has 0 aliphatic carbocycles. The van der Waals surface area contributed by atoms with E-state index < -0.39 is 0 Å². The van der Waals surface area contributed by atoms with Gasteiger partial charge in [-0.15, -0.1) is 0 Å². The molecule has 1 aromatic heterocycles. The Balaban J connectivity index is 2.51. The maximum atomic E-state index is 5.37. The zero-order chi connectivity index (χ0) is 12.3. The fraction of sp³-hybridized carbons (Fsp3) is 0.308. The first-order valence-electron chi connectivity index (χ1n) is 5.56. The maximum absolute atomic E-state index is 5.37. The minimum Gasteiger partial charge on any atom is -0.496 e. The second-order valence-electron chi connectivity index (χ2n) is 3.91. The van der Waals surface area contributed by atoms with Gasteiger partial charge in [0.05, 0.1) is 7.11 Å². The van der Waals surface area contributed by atoms with Crippen molar-refractivity contribution in [3.05, 3.63) is 36.0 Å². The van der Waals surface area contributed by atoms with Crippen molar-refractivity contribution in [2.24, 2.45) is 7.05 Å². The van der Waals surface area contributed by atoms with Crippen molar-refractivity contribution < 1.29 is 4.74 Å². The molecule has 0 amide bonds. The molecule has 0 saturated carbocycles. The number of para-hydroxylation sites is 1. The average molecular weight is 231 g/mol. The van der Waals surface area contributed by atoms with Gasteiger partial charge in [0.15, 0.2) is 0 Å². The Morgan fingerprint density at radius 1 is 1.35 bits per heavy atom. The number of nitrogens with one attached hydrogen (secondary N) is 1. The molecule has 0 unspecified atom stereocenters. The summed E-state index contributed by atoms with van der Waals surface area (Å²) >= 11 is 0. The van der Waals surface area contributed by atoms with Crippen LogP contribution in [0, 0.1) is 0 Å². The molecule has 90 valence electrons. The number of benzene rings is 1. The number of nitrogens with zero attached hydrogens (tertiary/aromatic N) is 2. The van der Waals surface area contributed by atoms with Crippen molar-refractivity contribution in [1.82, 2.24) is 15.1 Å². The number of aryl methyl sites for hydroxylation is 1. The van der Waals surface area contributed by atoms with E-state index in [9.17, 15) is 0 Å². The highest BCUT2D eigenvalue weighted by Gasteiger charge is 2.13. The minimum absolute atomic E-state index is 0.793. The largest absolute Gasteiger partial charge is 0.496 e. The number of methoxy groups -OCH3 is 1. The lowest BCUT2D eigenvalue weighted by Gasteiger charge is -2.07. The zero-order valence-electron chi connectivity index (χ0n) is 10.4. The zero-order valence-corrected chi connectivity index (χ0v) is 10.4. The van der Waals surface area contributed by atoms with Gasteiger partial charge in [-0.05, 0) is 19.2 Å². The highest BCUT2D eigenvalue weighted by molar-refractivity contribution is 5.69. The summed E-state index contributed by atoms with van der Waals surface area (Å²) in [6.07, 6.45) is 2.03. The van der Waals surface area contributed by atoms with Gasteiger partial charge in [0.1, 0.15) is 11.4 Å². The van der Waals surface area contributed by atoms with Crippen LogP contribution in [-0.4, -0.2) is 23.9 Å². The Hall–Kier alpha value is -1.81. The van der Waals surface area contributed by atoms with Gasteiger partial charge in [-0.1, -0.05) is 12.1 Å². The summed E-state index contributed by atoms with van der Waals surface area (Å²) in [6.45, 7) is 0.793. The third kappa shape index (κ3) is 2.31. The van der Waals surface area contributed by atoms with Crippen LogP contribution in [0.25, 0.3) is 11.3 Å². The molecule has 4 nitrogen and oxygen atoms in total. The third-order valence-corrected chi connectivity index (χ3v) is 2.63. The third-order valence-electron chi connectivity index (χ3n) is 2.63. The van der Waals surface area contributed by atoms with Crippen LogP contribution in [0.2, 0.25) is 0 Å². The molecule has 0 radical (unpaired) electrons. The number of hydrogen-bond donors (Lipinski definition) is 1. The van der Waals surface area contributed by atoms with E-state index in [-0.39, 0.29) is 0 Å². The molecule has 1 aromatic carbocycles. The van der Waals surface area contributed by atoms with Crippen molar-refractivity contribution in [2.45, 2.75) is 6.54 Å². The molecule has 17 heavy (non-hydrogen) atoms. The van der Waals surface area contributed by atoms with Gasteiger partial charge in [-0.2, -0.15) is 5.10 Å². The quantitative estimate of drug-likeness (QED) is 0.872. The molecule has 0 saturated heterocycles. The fourth-order valence-corrected chi connectivity index (χ4v) is 1.92. The lowest BCUT2D eigenvalue weighted by atomic mass is 10.1. The van der Waals surface area contributed by atoms with Crippen LogP contribution in [0.5, 0.6) is 5.75 Å². The summed E-state index contributed by atoms with van der Waals surface area (Å²) in [4.78, 5) is 0. The summed E-state index contributed by atoms with van der Waals surface area (Å²) in [6, 6.07) is 7.94. The first-order valence-corrected chi connectivity index (χ1v) is 5.56. The van der Waals surface area contributed by atoms with Crippen LogP contribution in [0.1, 0.15) is 5.56 Å². The van der Waals surface area contributed by atoms with E-state index in [1.807, 2.05) is 49.2 Å². The highest BCUT2D eigenvalue weighted by atomic mass is 16.5. The summed E-state index contributed by atoms with van der Waals surface area (Å²) < 4.78 is 7.20. The van der Waals surface area contributed by atoms with Gasteiger partial charge < -0.3 is 10.1 Å². The van der Waals surface area contributed by atoms with E-state index in [2.05, 4.69) is 10.4 Å². The van der Waals surface area contributed by atoms with Gasteiger partial charge in [-0.25, -0.2) is 0 Å². The van der Waals surface area contributed by atoms with Crippen LogP contribution in [0.15, 0.2) is 30.5 Å². The van der Waals surface area contributed by atoms with E-state index in [0.717, 1.165) is 23.6 Å². The molecule has 0 bridgehead atoms. The molecule has 0 aliphatic rings. The molecular formula is C13H17N3O. The van der Waals surface area contributed by atoms with E-state index in [0.29, 0.717) is 0 Å². The first kappa shape index (κ1) is 11.7. The molecule has 0 aliphatic heterocycles. The highest BCUT2D eigenvalue weighted by Crippen LogP contribution is 2.30. The Labute approximate surface area is 101 Å². The summed E-state index contributed by atoms with van der Waals surface area (Å²) in [7, 11) is 5.54. The van der Waals surface area contributed by atoms with Gasteiger partial charge in [0, 0.05) is 30.9 Å². The number of aromatic nitrogens is 2. The van der Waals surface area contributed by atoms with Crippen molar-refractivity contribution in [3.8, 4) is 17.0 Å². The van der Waals surface area contributed by atoms with Crippen LogP contribution in [0.4, 0.5) is 0 Å². The Morgan fingerprint density at radius 3 is 2.82 bits per heavy atom. The van der Waals surface area contributed by atoms with Gasteiger partial charge in [0.2, 0.25) is 0 Å². The predicted octanol–water partition coefficient (Wildman–Crippen LogP) is 1.82. The molecule has 0 fully saturated rings. The van der Waals surface area contributed by atoms with Gasteiger partial charge in [-0.3, -0.25) is 4.68 Å². The minimum atomic E-state index is 0.793. The molecule has 4 heteroatoms. The second kappa shape index (κ2) is 5.01. The van der Waals surface area contributed by atoms with Crippen molar-refractivity contribution in [2.75, 3.05) is 14.2 Å². The smallest absolute Gasteiger partial charge is 0.128 e. The SMILES string of the molecule is CNCc1cn(C)nc1-c1ccccc1OC. The van der Waals surface area contributed by atoms with Crippen LogP contribution in [-0.2, 0) is 13.6 Å². The standard InChI is InChI=1S/C13H17N3O/c1-14-8-10-9-16(2)15-13(10)11-6-4-5-7-12(11)17-3/h4-7,9,14H,8H2,1-3H3. The van der Waals surface area contributed by atoms with Crippen LogP contribution in [0.3, 0.4) is 0 Å². The number of hydrogen-bond acceptors (Lipinski definition) is 3. The van der Waals surface area contributed by atoms with E-state index in [4.69, 9.17) is 4.74 Å². The lowest BCUT2D eigenvalue weighted by molar-refractivity contribution is 0.416. The van der Waals surface area contributed by atoms with Crippen molar-refractivity contribution >= 4 is 0 Å². The monoisotopic (exact) mass is 231 g/mol. The molecule has 0 spiro atoms. The molecule has 2 aromatic rings. The van der Waals surface area contributed by atoms with Gasteiger partial charge in [0.25, 0.3) is 0 Å². The van der Waals surface area contributed by atoms with E-state index >= 15 is 0 Å². The molecular weight excluding hydrogens is 214 g/mol. The lowest BCUT2D eigenvalue weighted by Crippen LogP contribution is -2.05. The Kier molecular flexibility index (Phi) is 3.44. The summed E-state index contributed by atoms with van der Waals surface area (Å²) in [5.41, 5.74) is 3.17. The Morgan fingerprint density at radius 2 is 2.12 bits per heavy atom. The predicted molar refractivity (Wildman–Crippen MR) is 68.0 cm³/mol. The van der Waals surface area contributed by atoms with Crippen molar-refractivity contribution in [3.63, 3.8) is 0 Å². The maximum Gasteiger partial charge on any atom is 0.128 e. The topological polar surface area (TPSA) is 39.1 Å². The van der Waals surface area contributed by atoms with Crippen molar-refractivity contribution in [1.29, 1.82) is 0 Å². The van der Waals surface area contributed by atoms with E-state index in [1.165, 1.54) is 5.56 Å². The summed E-state index contributed by atoms with van der Waals surface area (Å²) in [5.74, 6) is 0.851. The number of rotatable bonds is 4. The Bertz CT molecular complexity index is 505. The molecule has 1 heterocycles. The number of ether oxygens (including phenoxy) is 1. The summed E-state index contributed by atoms with van der Waals surface area (Å²) in [5, 5.41) is 7.66. The normalized spacial score (nSPS) is 10.5. The van der Waals surface area contributed by atoms with E-state index in [1.54, 1.807) is 7.11 Å². The van der Waals surface area contributed by atoms with Crippen LogP contribution >= 0.6 is 0 Å². The second-order valence-corrected chi connectivity index (χ2v) is 3.91. The fourth-order valence-electron chi connectivity index (χ4n) is 1.92. The van der Waals surface area contributed by atoms with Crippen LogP contribution < -0.4 is 10.1 Å².